The smallest absolute Gasteiger partial charge is 0.238 e. The second-order valence-electron chi connectivity index (χ2n) is 7.60. The molecule has 0 radical (unpaired) electrons. The zero-order valence-electron chi connectivity index (χ0n) is 16.1. The summed E-state index contributed by atoms with van der Waals surface area (Å²) in [6.45, 7) is 4.05. The number of hydrogen-bond acceptors (Lipinski definition) is 4. The Morgan fingerprint density at radius 2 is 1.79 bits per heavy atom. The van der Waals surface area contributed by atoms with Crippen molar-refractivity contribution < 1.29 is 17.9 Å². The number of sulfonamides is 1. The number of primary sulfonamides is 1. The molecule has 0 unspecified atom stereocenters. The first-order chi connectivity index (χ1) is 13.0. The fourth-order valence-electron chi connectivity index (χ4n) is 3.84. The van der Waals surface area contributed by atoms with E-state index in [2.05, 4.69) is 0 Å². The lowest BCUT2D eigenvalue weighted by atomic mass is 10.0. The van der Waals surface area contributed by atoms with E-state index in [0.717, 1.165) is 5.56 Å². The van der Waals surface area contributed by atoms with Gasteiger partial charge in [-0.25, -0.2) is 13.6 Å². The van der Waals surface area contributed by atoms with Gasteiger partial charge in [-0.1, -0.05) is 37.6 Å². The molecule has 8 heteroatoms. The van der Waals surface area contributed by atoms with E-state index in [1.807, 2.05) is 13.8 Å². The molecule has 2 atom stereocenters. The van der Waals surface area contributed by atoms with Crippen LogP contribution >= 0.6 is 11.6 Å². The molecule has 0 aromatic heterocycles. The summed E-state index contributed by atoms with van der Waals surface area (Å²) in [5, 5.41) is 5.67. The minimum Gasteiger partial charge on any atom is -0.495 e. The summed E-state index contributed by atoms with van der Waals surface area (Å²) in [5.74, 6) is 0.238. The van der Waals surface area contributed by atoms with Crippen molar-refractivity contribution in [2.45, 2.75) is 24.7 Å². The van der Waals surface area contributed by atoms with Crippen LogP contribution in [0, 0.1) is 11.3 Å². The van der Waals surface area contributed by atoms with Gasteiger partial charge < -0.3 is 9.64 Å². The molecule has 3 rings (SSSR count). The Morgan fingerprint density at radius 1 is 1.18 bits per heavy atom. The van der Waals surface area contributed by atoms with Crippen molar-refractivity contribution in [2.24, 2.45) is 16.5 Å². The third kappa shape index (κ3) is 3.62. The highest BCUT2D eigenvalue weighted by atomic mass is 35.5. The first-order valence-corrected chi connectivity index (χ1v) is 10.6. The number of nitrogens with two attached hydrogens (primary N) is 1. The molecule has 28 heavy (non-hydrogen) atoms. The van der Waals surface area contributed by atoms with Gasteiger partial charge in [0, 0.05) is 18.0 Å². The lowest BCUT2D eigenvalue weighted by Gasteiger charge is -2.21. The number of amides is 1. The summed E-state index contributed by atoms with van der Waals surface area (Å²) >= 11 is 6.10. The first kappa shape index (κ1) is 20.6. The van der Waals surface area contributed by atoms with Crippen molar-refractivity contribution in [3.8, 4) is 5.75 Å². The van der Waals surface area contributed by atoms with Gasteiger partial charge in [0.25, 0.3) is 0 Å². The highest BCUT2D eigenvalue weighted by molar-refractivity contribution is 7.89. The van der Waals surface area contributed by atoms with Crippen LogP contribution in [0.1, 0.15) is 25.3 Å². The van der Waals surface area contributed by atoms with Gasteiger partial charge in [-0.2, -0.15) is 0 Å². The minimum absolute atomic E-state index is 0.0258. The van der Waals surface area contributed by atoms with Crippen molar-refractivity contribution in [1.29, 1.82) is 0 Å². The second kappa shape index (κ2) is 7.06. The number of nitrogens with zero attached hydrogens (tertiary/aromatic N) is 1. The number of hydrogen-bond donors (Lipinski definition) is 1. The van der Waals surface area contributed by atoms with E-state index < -0.39 is 10.0 Å². The van der Waals surface area contributed by atoms with Crippen LogP contribution in [0.2, 0.25) is 5.02 Å². The Bertz CT molecular complexity index is 1020. The number of rotatable bonds is 5. The Morgan fingerprint density at radius 3 is 2.32 bits per heavy atom. The van der Waals surface area contributed by atoms with Crippen molar-refractivity contribution in [1.82, 2.24) is 0 Å². The van der Waals surface area contributed by atoms with Crippen LogP contribution in [0.4, 0.5) is 5.69 Å². The normalized spacial score (nSPS) is 20.5. The molecular formula is C20H23ClN2O4S. The Hall–Kier alpha value is -2.09. The molecule has 0 heterocycles. The van der Waals surface area contributed by atoms with Crippen LogP contribution in [0.15, 0.2) is 47.4 Å². The second-order valence-corrected chi connectivity index (χ2v) is 9.60. The fourth-order valence-corrected chi connectivity index (χ4v) is 4.52. The third-order valence-electron chi connectivity index (χ3n) is 5.49. The van der Waals surface area contributed by atoms with Crippen LogP contribution in [0.5, 0.6) is 5.75 Å². The molecule has 2 aromatic carbocycles. The Labute approximate surface area is 170 Å². The number of methoxy groups -OCH3 is 1. The largest absolute Gasteiger partial charge is 0.495 e. The molecule has 1 aliphatic rings. The van der Waals surface area contributed by atoms with E-state index >= 15 is 0 Å². The number of carbonyl (C=O) groups is 1. The van der Waals surface area contributed by atoms with Gasteiger partial charge in [0.05, 0.1) is 23.6 Å². The molecule has 1 amide bonds. The van der Waals surface area contributed by atoms with Gasteiger partial charge in [0.15, 0.2) is 0 Å². The summed E-state index contributed by atoms with van der Waals surface area (Å²) < 4.78 is 28.3. The van der Waals surface area contributed by atoms with Gasteiger partial charge in [0.1, 0.15) is 5.75 Å². The van der Waals surface area contributed by atoms with E-state index in [1.165, 1.54) is 12.1 Å². The maximum Gasteiger partial charge on any atom is 0.238 e. The molecule has 0 saturated heterocycles. The SMILES string of the molecule is COc1ccc(Cl)cc1N(C)C(=O)[C@H]1[C@H](c2ccc(S(N)(=O)=O)cc2)C1(C)C. The molecule has 0 aliphatic heterocycles. The van der Waals surface area contributed by atoms with Crippen molar-refractivity contribution in [3.63, 3.8) is 0 Å². The van der Waals surface area contributed by atoms with E-state index in [0.29, 0.717) is 16.5 Å². The fraction of sp³-hybridized carbons (Fsp3) is 0.350. The zero-order chi connectivity index (χ0) is 20.9. The van der Waals surface area contributed by atoms with E-state index in [1.54, 1.807) is 49.4 Å². The van der Waals surface area contributed by atoms with E-state index in [9.17, 15) is 13.2 Å². The summed E-state index contributed by atoms with van der Waals surface area (Å²) in [6.07, 6.45) is 0. The van der Waals surface area contributed by atoms with Crippen molar-refractivity contribution in [3.05, 3.63) is 53.1 Å². The van der Waals surface area contributed by atoms with Crippen LogP contribution in [-0.2, 0) is 14.8 Å². The maximum atomic E-state index is 13.2. The summed E-state index contributed by atoms with van der Waals surface area (Å²) in [6, 6.07) is 11.5. The number of halogens is 1. The molecule has 1 saturated carbocycles. The van der Waals surface area contributed by atoms with Crippen LogP contribution in [-0.4, -0.2) is 28.5 Å². The van der Waals surface area contributed by atoms with Crippen molar-refractivity contribution >= 4 is 33.2 Å². The van der Waals surface area contributed by atoms with E-state index in [-0.39, 0.29) is 28.1 Å². The van der Waals surface area contributed by atoms with Gasteiger partial charge in [-0.3, -0.25) is 4.79 Å². The molecule has 0 bridgehead atoms. The predicted molar refractivity (Wildman–Crippen MR) is 109 cm³/mol. The zero-order valence-corrected chi connectivity index (χ0v) is 17.7. The molecular weight excluding hydrogens is 400 g/mol. The average Bonchev–Trinajstić information content (AvgIpc) is 3.21. The van der Waals surface area contributed by atoms with Crippen LogP contribution in [0.3, 0.4) is 0 Å². The molecule has 150 valence electrons. The minimum atomic E-state index is -3.75. The predicted octanol–water partition coefficient (Wildman–Crippen LogP) is 3.40. The van der Waals surface area contributed by atoms with Gasteiger partial charge in [-0.05, 0) is 41.3 Å². The average molecular weight is 423 g/mol. The highest BCUT2D eigenvalue weighted by Crippen LogP contribution is 2.65. The number of carbonyl (C=O) groups excluding carboxylic acids is 1. The topological polar surface area (TPSA) is 89.7 Å². The van der Waals surface area contributed by atoms with Gasteiger partial charge in [0.2, 0.25) is 15.9 Å². The van der Waals surface area contributed by atoms with Crippen LogP contribution < -0.4 is 14.8 Å². The Balaban J connectivity index is 1.88. The van der Waals surface area contributed by atoms with Crippen LogP contribution in [0.25, 0.3) is 0 Å². The highest BCUT2D eigenvalue weighted by Gasteiger charge is 2.63. The summed E-state index contributed by atoms with van der Waals surface area (Å²) in [4.78, 5) is 14.8. The third-order valence-corrected chi connectivity index (χ3v) is 6.66. The molecule has 2 aromatic rings. The maximum absolute atomic E-state index is 13.2. The quantitative estimate of drug-likeness (QED) is 0.799. The Kier molecular flexibility index (Phi) is 5.20. The number of anilines is 1. The molecule has 6 nitrogen and oxygen atoms in total. The summed E-state index contributed by atoms with van der Waals surface area (Å²) in [7, 11) is -0.502. The monoisotopic (exact) mass is 422 g/mol. The summed E-state index contributed by atoms with van der Waals surface area (Å²) in [5.41, 5.74) is 1.24. The van der Waals surface area contributed by atoms with E-state index in [4.69, 9.17) is 21.5 Å². The van der Waals surface area contributed by atoms with Gasteiger partial charge in [-0.15, -0.1) is 0 Å². The standard InChI is InChI=1S/C20H23ClN2O4S/c1-20(2)17(12-5-8-14(9-6-12)28(22,25)26)18(20)19(24)23(3)15-11-13(21)7-10-16(15)27-4/h5-11,17-18H,1-4H3,(H2,22,25,26)/t17-,18+/m0/s1. The first-order valence-electron chi connectivity index (χ1n) is 8.72. The number of ether oxygens (including phenoxy) is 1. The molecule has 2 N–H and O–H groups in total. The van der Waals surface area contributed by atoms with Gasteiger partial charge >= 0.3 is 0 Å². The number of benzene rings is 2. The molecule has 1 fully saturated rings. The van der Waals surface area contributed by atoms with Crippen molar-refractivity contribution in [2.75, 3.05) is 19.1 Å². The lowest BCUT2D eigenvalue weighted by molar-refractivity contribution is -0.120. The molecule has 0 spiro atoms. The molecule has 1 aliphatic carbocycles. The lowest BCUT2D eigenvalue weighted by Crippen LogP contribution is -2.29.